The topological polar surface area (TPSA) is 0 Å². The van der Waals surface area contributed by atoms with E-state index in [4.69, 9.17) is 0 Å². The van der Waals surface area contributed by atoms with Gasteiger partial charge in [0.25, 0.3) is 0 Å². The van der Waals surface area contributed by atoms with Crippen molar-refractivity contribution in [2.24, 2.45) is 0 Å². The summed E-state index contributed by atoms with van der Waals surface area (Å²) >= 11 is 0. The quantitative estimate of drug-likeness (QED) is 0.167. The van der Waals surface area contributed by atoms with Gasteiger partial charge in [-0.3, -0.25) is 0 Å². The molecule has 0 saturated carbocycles. The Morgan fingerprint density at radius 2 is 0.920 bits per heavy atom. The largest absolute Gasteiger partial charge is 1.00 e. The molecule has 0 fully saturated rings. The highest BCUT2D eigenvalue weighted by atomic mass is 79.9. The monoisotopic (exact) mass is 415 g/mol. The fraction of sp³-hybridized carbons (Fsp3) is 0.826. The minimum atomic E-state index is 0. The summed E-state index contributed by atoms with van der Waals surface area (Å²) in [5, 5.41) is 0. The summed E-state index contributed by atoms with van der Waals surface area (Å²) < 4.78 is 1.07. The zero-order valence-corrected chi connectivity index (χ0v) is 19.0. The van der Waals surface area contributed by atoms with E-state index < -0.39 is 0 Å². The Hall–Kier alpha value is -0.0800. The smallest absolute Gasteiger partial charge is 0.0971 e. The van der Waals surface area contributed by atoms with Gasteiger partial charge in [-0.1, -0.05) is 97.1 Å². The molecule has 0 radical (unpaired) electrons. The Bertz CT molecular complexity index is 278. The first-order chi connectivity index (χ1) is 11.7. The number of halogens is 1. The maximum Gasteiger partial charge on any atom is 0.0971 e. The molecule has 0 atom stereocenters. The lowest BCUT2D eigenvalue weighted by atomic mass is 10.0. The van der Waals surface area contributed by atoms with Crippen LogP contribution in [0.4, 0.5) is 0 Å². The molecule has 2 heteroatoms. The maximum absolute atomic E-state index is 3.90. The van der Waals surface area contributed by atoms with Crippen molar-refractivity contribution in [2.75, 3.05) is 26.7 Å². The SMILES string of the molecule is C=CC[N+](C)(CC=C)CCCCCCCCCCCCCCCC.[Br-]. The molecule has 0 saturated heterocycles. The van der Waals surface area contributed by atoms with E-state index in [0.29, 0.717) is 0 Å². The molecule has 0 aliphatic heterocycles. The zero-order chi connectivity index (χ0) is 17.9. The lowest BCUT2D eigenvalue weighted by Crippen LogP contribution is -3.00. The molecule has 0 amide bonds. The van der Waals surface area contributed by atoms with E-state index in [1.165, 1.54) is 96.4 Å². The van der Waals surface area contributed by atoms with Crippen molar-refractivity contribution in [3.05, 3.63) is 25.3 Å². The predicted octanol–water partition coefficient (Wildman–Crippen LogP) is 4.29. The van der Waals surface area contributed by atoms with Crippen LogP contribution in [-0.2, 0) is 0 Å². The lowest BCUT2D eigenvalue weighted by Gasteiger charge is -2.32. The highest BCUT2D eigenvalue weighted by Gasteiger charge is 2.16. The van der Waals surface area contributed by atoms with Crippen molar-refractivity contribution in [1.29, 1.82) is 0 Å². The van der Waals surface area contributed by atoms with Crippen molar-refractivity contribution < 1.29 is 21.5 Å². The number of hydrogen-bond donors (Lipinski definition) is 0. The van der Waals surface area contributed by atoms with Gasteiger partial charge < -0.3 is 21.5 Å². The van der Waals surface area contributed by atoms with Crippen LogP contribution in [0.3, 0.4) is 0 Å². The van der Waals surface area contributed by atoms with Crippen molar-refractivity contribution >= 4 is 0 Å². The third kappa shape index (κ3) is 18.5. The molecule has 0 aromatic rings. The number of likely N-dealkylation sites (N-methyl/N-ethyl adjacent to an activating group) is 1. The molecule has 0 unspecified atom stereocenters. The average Bonchev–Trinajstić information content (AvgIpc) is 2.55. The lowest BCUT2D eigenvalue weighted by molar-refractivity contribution is -0.898. The molecule has 150 valence electrons. The van der Waals surface area contributed by atoms with Crippen molar-refractivity contribution in [1.82, 2.24) is 0 Å². The molecule has 0 aromatic heterocycles. The van der Waals surface area contributed by atoms with Gasteiger partial charge >= 0.3 is 0 Å². The van der Waals surface area contributed by atoms with Crippen molar-refractivity contribution in [3.63, 3.8) is 0 Å². The Kier molecular flexibility index (Phi) is 22.0. The normalized spacial score (nSPS) is 11.1. The van der Waals surface area contributed by atoms with Gasteiger partial charge in [0.2, 0.25) is 0 Å². The van der Waals surface area contributed by atoms with Crippen LogP contribution in [0.25, 0.3) is 0 Å². The van der Waals surface area contributed by atoms with Crippen LogP contribution in [0.1, 0.15) is 96.8 Å². The molecule has 0 N–H and O–H groups in total. The minimum absolute atomic E-state index is 0. The third-order valence-electron chi connectivity index (χ3n) is 5.19. The van der Waals surface area contributed by atoms with Gasteiger partial charge in [-0.2, -0.15) is 0 Å². The van der Waals surface area contributed by atoms with Crippen molar-refractivity contribution in [3.8, 4) is 0 Å². The van der Waals surface area contributed by atoms with E-state index >= 15 is 0 Å². The second-order valence-electron chi connectivity index (χ2n) is 7.88. The Balaban J connectivity index is 0. The van der Waals surface area contributed by atoms with Gasteiger partial charge in [-0.25, -0.2) is 0 Å². The summed E-state index contributed by atoms with van der Waals surface area (Å²) in [6, 6.07) is 0. The maximum atomic E-state index is 3.90. The van der Waals surface area contributed by atoms with Crippen LogP contribution in [0.5, 0.6) is 0 Å². The van der Waals surface area contributed by atoms with Gasteiger partial charge in [0.15, 0.2) is 0 Å². The van der Waals surface area contributed by atoms with Crippen molar-refractivity contribution in [2.45, 2.75) is 96.8 Å². The molecule has 0 heterocycles. The van der Waals surface area contributed by atoms with Gasteiger partial charge in [0.1, 0.15) is 0 Å². The molecule has 0 aromatic carbocycles. The first kappa shape index (κ1) is 27.1. The molecular formula is C23H46BrN. The summed E-state index contributed by atoms with van der Waals surface area (Å²) in [6.45, 7) is 13.5. The van der Waals surface area contributed by atoms with Crippen LogP contribution >= 0.6 is 0 Å². The summed E-state index contributed by atoms with van der Waals surface area (Å²) in [7, 11) is 2.33. The molecule has 25 heavy (non-hydrogen) atoms. The van der Waals surface area contributed by atoms with Gasteiger partial charge in [0.05, 0.1) is 26.7 Å². The molecule has 0 aliphatic rings. The second kappa shape index (κ2) is 20.2. The molecule has 0 aliphatic carbocycles. The first-order valence-corrected chi connectivity index (χ1v) is 10.7. The van der Waals surface area contributed by atoms with Crippen LogP contribution in [0.2, 0.25) is 0 Å². The minimum Gasteiger partial charge on any atom is -1.00 e. The number of quaternary nitrogens is 1. The molecular weight excluding hydrogens is 370 g/mol. The number of nitrogens with zero attached hydrogens (tertiary/aromatic N) is 1. The molecule has 0 spiro atoms. The summed E-state index contributed by atoms with van der Waals surface area (Å²) in [6.07, 6.45) is 24.1. The highest BCUT2D eigenvalue weighted by Crippen LogP contribution is 2.14. The number of unbranched alkanes of at least 4 members (excludes halogenated alkanes) is 13. The molecule has 0 rings (SSSR count). The van der Waals surface area contributed by atoms with E-state index in [9.17, 15) is 0 Å². The molecule has 1 nitrogen and oxygen atoms in total. The highest BCUT2D eigenvalue weighted by molar-refractivity contribution is 4.71. The third-order valence-corrected chi connectivity index (χ3v) is 5.19. The first-order valence-electron chi connectivity index (χ1n) is 10.7. The van der Waals surface area contributed by atoms with Crippen LogP contribution in [-0.4, -0.2) is 31.2 Å². The van der Waals surface area contributed by atoms with E-state index in [-0.39, 0.29) is 17.0 Å². The van der Waals surface area contributed by atoms with Crippen LogP contribution < -0.4 is 17.0 Å². The fourth-order valence-electron chi connectivity index (χ4n) is 3.57. The van der Waals surface area contributed by atoms with Gasteiger partial charge in [-0.15, -0.1) is 0 Å². The summed E-state index contributed by atoms with van der Waals surface area (Å²) in [5.41, 5.74) is 0. The predicted molar refractivity (Wildman–Crippen MR) is 111 cm³/mol. The Morgan fingerprint density at radius 1 is 0.600 bits per heavy atom. The second-order valence-corrected chi connectivity index (χ2v) is 7.88. The molecule has 0 bridgehead atoms. The Morgan fingerprint density at radius 3 is 1.24 bits per heavy atom. The standard InChI is InChI=1S/C23H46N.BrH/c1-5-8-9-10-11-12-13-14-15-16-17-18-19-20-23-24(4,21-6-2)22-7-3;/h6-7H,2-3,5,8-23H2,1,4H3;1H/q+1;/p-1. The summed E-state index contributed by atoms with van der Waals surface area (Å²) in [5.74, 6) is 0. The van der Waals surface area contributed by atoms with E-state index in [1.54, 1.807) is 0 Å². The van der Waals surface area contributed by atoms with Crippen LogP contribution in [0.15, 0.2) is 25.3 Å². The zero-order valence-electron chi connectivity index (χ0n) is 17.4. The fourth-order valence-corrected chi connectivity index (χ4v) is 3.57. The van der Waals surface area contributed by atoms with E-state index in [2.05, 4.69) is 27.1 Å². The Labute approximate surface area is 170 Å². The number of hydrogen-bond acceptors (Lipinski definition) is 0. The van der Waals surface area contributed by atoms with Crippen LogP contribution in [0, 0.1) is 0 Å². The summed E-state index contributed by atoms with van der Waals surface area (Å²) in [4.78, 5) is 0. The number of rotatable bonds is 19. The van der Waals surface area contributed by atoms with E-state index in [0.717, 1.165) is 17.6 Å². The van der Waals surface area contributed by atoms with E-state index in [1.807, 2.05) is 12.2 Å². The average molecular weight is 417 g/mol. The van der Waals surface area contributed by atoms with Gasteiger partial charge in [0, 0.05) is 0 Å². The van der Waals surface area contributed by atoms with Gasteiger partial charge in [-0.05, 0) is 25.0 Å².